The van der Waals surface area contributed by atoms with Crippen LogP contribution in [0.5, 0.6) is 5.75 Å². The van der Waals surface area contributed by atoms with Gasteiger partial charge in [0.15, 0.2) is 0 Å². The van der Waals surface area contributed by atoms with Gasteiger partial charge in [-0.1, -0.05) is 47.5 Å². The largest absolute Gasteiger partial charge is 0.508 e. The van der Waals surface area contributed by atoms with E-state index in [0.29, 0.717) is 33.9 Å². The molecule has 0 aromatic heterocycles. The molecule has 6 nitrogen and oxygen atoms in total. The number of aromatic hydroxyl groups is 1. The van der Waals surface area contributed by atoms with Gasteiger partial charge in [0.1, 0.15) is 5.75 Å². The number of aryl methyl sites for hydroxylation is 4. The van der Waals surface area contributed by atoms with E-state index in [0.717, 1.165) is 27.8 Å². The number of hydrogen-bond acceptors (Lipinski definition) is 4. The molecule has 0 aliphatic carbocycles. The summed E-state index contributed by atoms with van der Waals surface area (Å²) in [7, 11) is 0. The Hall–Kier alpha value is -4.32. The SMILES string of the molecule is CC1=C(C(=O)Nc2ccc(C)cc2C)C(c2ccc(O)cc2)C(C(=O)Nc2ccc(C)cc2C)=C(C)N1. The van der Waals surface area contributed by atoms with Crippen molar-refractivity contribution in [2.75, 3.05) is 10.6 Å². The molecule has 2 amide bonds. The van der Waals surface area contributed by atoms with Crippen molar-refractivity contribution in [2.24, 2.45) is 0 Å². The highest BCUT2D eigenvalue weighted by atomic mass is 16.3. The average molecular weight is 496 g/mol. The molecule has 3 aromatic carbocycles. The second kappa shape index (κ2) is 10.3. The highest BCUT2D eigenvalue weighted by Crippen LogP contribution is 2.40. The quantitative estimate of drug-likeness (QED) is 0.342. The summed E-state index contributed by atoms with van der Waals surface area (Å²) in [5.74, 6) is -1.11. The topological polar surface area (TPSA) is 90.5 Å². The number of hydrogen-bond donors (Lipinski definition) is 4. The van der Waals surface area contributed by atoms with Crippen molar-refractivity contribution < 1.29 is 14.7 Å². The summed E-state index contributed by atoms with van der Waals surface area (Å²) < 4.78 is 0. The number of allylic oxidation sites excluding steroid dienone is 2. The molecule has 37 heavy (non-hydrogen) atoms. The zero-order chi connectivity index (χ0) is 26.9. The van der Waals surface area contributed by atoms with Gasteiger partial charge in [-0.05, 0) is 82.5 Å². The van der Waals surface area contributed by atoms with Gasteiger partial charge in [-0.3, -0.25) is 9.59 Å². The number of benzene rings is 3. The van der Waals surface area contributed by atoms with Crippen LogP contribution in [0.15, 0.2) is 83.2 Å². The summed E-state index contributed by atoms with van der Waals surface area (Å²) in [5.41, 5.74) is 8.51. The molecule has 0 saturated carbocycles. The number of rotatable bonds is 5. The van der Waals surface area contributed by atoms with Gasteiger partial charge in [0.25, 0.3) is 11.8 Å². The predicted molar refractivity (Wildman–Crippen MR) is 148 cm³/mol. The van der Waals surface area contributed by atoms with Crippen molar-refractivity contribution >= 4 is 23.2 Å². The first-order valence-corrected chi connectivity index (χ1v) is 12.3. The molecular weight excluding hydrogens is 462 g/mol. The highest BCUT2D eigenvalue weighted by molar-refractivity contribution is 6.12. The molecule has 1 heterocycles. The van der Waals surface area contributed by atoms with Crippen LogP contribution in [0, 0.1) is 27.7 Å². The predicted octanol–water partition coefficient (Wildman–Crippen LogP) is 6.14. The summed E-state index contributed by atoms with van der Waals surface area (Å²) >= 11 is 0. The Balaban J connectivity index is 1.77. The lowest BCUT2D eigenvalue weighted by Gasteiger charge is -2.31. The van der Waals surface area contributed by atoms with E-state index in [1.807, 2.05) is 77.9 Å². The van der Waals surface area contributed by atoms with Crippen molar-refractivity contribution in [1.29, 1.82) is 0 Å². The van der Waals surface area contributed by atoms with Crippen LogP contribution in [0.2, 0.25) is 0 Å². The summed E-state index contributed by atoms with van der Waals surface area (Å²) in [6.07, 6.45) is 0. The van der Waals surface area contributed by atoms with E-state index in [4.69, 9.17) is 0 Å². The van der Waals surface area contributed by atoms with Crippen molar-refractivity contribution in [2.45, 2.75) is 47.5 Å². The summed E-state index contributed by atoms with van der Waals surface area (Å²) in [6.45, 7) is 11.6. The molecule has 0 radical (unpaired) electrons. The van der Waals surface area contributed by atoms with Gasteiger partial charge < -0.3 is 21.1 Å². The maximum Gasteiger partial charge on any atom is 0.254 e. The van der Waals surface area contributed by atoms with Gasteiger partial charge in [-0.2, -0.15) is 0 Å². The molecule has 1 aliphatic rings. The monoisotopic (exact) mass is 495 g/mol. The van der Waals surface area contributed by atoms with E-state index in [9.17, 15) is 14.7 Å². The highest BCUT2D eigenvalue weighted by Gasteiger charge is 2.36. The van der Waals surface area contributed by atoms with E-state index in [1.165, 1.54) is 0 Å². The van der Waals surface area contributed by atoms with Gasteiger partial charge in [0, 0.05) is 39.8 Å². The summed E-state index contributed by atoms with van der Waals surface area (Å²) in [6, 6.07) is 18.4. The second-order valence-corrected chi connectivity index (χ2v) is 9.77. The van der Waals surface area contributed by atoms with Gasteiger partial charge in [-0.25, -0.2) is 0 Å². The van der Waals surface area contributed by atoms with Crippen LogP contribution in [-0.2, 0) is 9.59 Å². The molecule has 0 bridgehead atoms. The fraction of sp³-hybridized carbons (Fsp3) is 0.226. The third-order valence-electron chi connectivity index (χ3n) is 6.74. The molecular formula is C31H33N3O3. The molecule has 0 atom stereocenters. The van der Waals surface area contributed by atoms with Crippen LogP contribution < -0.4 is 16.0 Å². The van der Waals surface area contributed by atoms with E-state index < -0.39 is 5.92 Å². The number of amides is 2. The second-order valence-electron chi connectivity index (χ2n) is 9.77. The van der Waals surface area contributed by atoms with Gasteiger partial charge >= 0.3 is 0 Å². The molecule has 3 aromatic rings. The molecule has 6 heteroatoms. The zero-order valence-electron chi connectivity index (χ0n) is 22.1. The van der Waals surface area contributed by atoms with Crippen LogP contribution in [0.1, 0.15) is 47.6 Å². The van der Waals surface area contributed by atoms with E-state index in [-0.39, 0.29) is 17.6 Å². The maximum absolute atomic E-state index is 13.8. The number of nitrogens with one attached hydrogen (secondary N) is 3. The number of phenolic OH excluding ortho intramolecular Hbond substituents is 1. The number of phenols is 1. The molecule has 0 fully saturated rings. The molecule has 0 saturated heterocycles. The van der Waals surface area contributed by atoms with Crippen molar-refractivity contribution in [1.82, 2.24) is 5.32 Å². The van der Waals surface area contributed by atoms with Crippen LogP contribution in [0.4, 0.5) is 11.4 Å². The van der Waals surface area contributed by atoms with E-state index in [2.05, 4.69) is 16.0 Å². The Labute approximate surface area is 218 Å². The molecule has 190 valence electrons. The lowest BCUT2D eigenvalue weighted by molar-refractivity contribution is -0.113. The van der Waals surface area contributed by atoms with Gasteiger partial charge in [0.2, 0.25) is 0 Å². The normalized spacial score (nSPS) is 13.9. The Kier molecular flexibility index (Phi) is 7.21. The van der Waals surface area contributed by atoms with Crippen molar-refractivity contribution in [3.05, 3.63) is 111 Å². The first kappa shape index (κ1) is 25.8. The van der Waals surface area contributed by atoms with Gasteiger partial charge in [-0.15, -0.1) is 0 Å². The molecule has 4 N–H and O–H groups in total. The molecule has 0 spiro atoms. The Morgan fingerprint density at radius 2 is 1.11 bits per heavy atom. The minimum Gasteiger partial charge on any atom is -0.508 e. The van der Waals surface area contributed by atoms with Crippen molar-refractivity contribution in [3.63, 3.8) is 0 Å². The summed E-state index contributed by atoms with van der Waals surface area (Å²) in [4.78, 5) is 27.6. The number of anilines is 2. The Bertz CT molecular complexity index is 1360. The Morgan fingerprint density at radius 3 is 1.51 bits per heavy atom. The molecule has 0 unspecified atom stereocenters. The fourth-order valence-corrected chi connectivity index (χ4v) is 4.88. The van der Waals surface area contributed by atoms with Crippen LogP contribution in [0.3, 0.4) is 0 Å². The lowest BCUT2D eigenvalue weighted by Crippen LogP contribution is -2.35. The smallest absolute Gasteiger partial charge is 0.254 e. The minimum absolute atomic E-state index is 0.113. The average Bonchev–Trinajstić information content (AvgIpc) is 2.82. The van der Waals surface area contributed by atoms with Crippen LogP contribution in [0.25, 0.3) is 0 Å². The summed E-state index contributed by atoms with van der Waals surface area (Å²) in [5, 5.41) is 19.3. The zero-order valence-corrected chi connectivity index (χ0v) is 22.1. The fourth-order valence-electron chi connectivity index (χ4n) is 4.88. The molecule has 4 rings (SSSR count). The standard InChI is InChI=1S/C31H33N3O3/c1-17-7-13-25(19(3)15-17)33-30(36)27-21(5)32-22(6)28(29(27)23-9-11-24(35)12-10-23)31(37)34-26-14-8-18(2)16-20(26)4/h7-16,29,32,35H,1-6H3,(H,33,36)(H,34,37). The minimum atomic E-state index is -0.640. The lowest BCUT2D eigenvalue weighted by atomic mass is 9.79. The van der Waals surface area contributed by atoms with E-state index in [1.54, 1.807) is 24.3 Å². The Morgan fingerprint density at radius 1 is 0.676 bits per heavy atom. The van der Waals surface area contributed by atoms with E-state index >= 15 is 0 Å². The molecule has 1 aliphatic heterocycles. The number of carbonyl (C=O) groups excluding carboxylic acids is 2. The number of dihydropyridines is 1. The number of carbonyl (C=O) groups is 2. The maximum atomic E-state index is 13.8. The van der Waals surface area contributed by atoms with Gasteiger partial charge in [0.05, 0.1) is 0 Å². The van der Waals surface area contributed by atoms with Crippen LogP contribution in [-0.4, -0.2) is 16.9 Å². The first-order chi connectivity index (χ1) is 17.5. The third-order valence-corrected chi connectivity index (χ3v) is 6.74. The first-order valence-electron chi connectivity index (χ1n) is 12.3. The third kappa shape index (κ3) is 5.43. The van der Waals surface area contributed by atoms with Crippen LogP contribution >= 0.6 is 0 Å². The van der Waals surface area contributed by atoms with Crippen molar-refractivity contribution in [3.8, 4) is 5.75 Å².